The van der Waals surface area contributed by atoms with Crippen LogP contribution in [0, 0.1) is 6.57 Å². The van der Waals surface area contributed by atoms with Crippen LogP contribution in [-0.2, 0) is 6.18 Å². The number of alkyl halides is 3. The van der Waals surface area contributed by atoms with Crippen LogP contribution >= 0.6 is 0 Å². The third-order valence-corrected chi connectivity index (χ3v) is 5.74. The second kappa shape index (κ2) is 9.10. The maximum absolute atomic E-state index is 13.5. The van der Waals surface area contributed by atoms with Crippen molar-refractivity contribution in [2.75, 3.05) is 0 Å². The van der Waals surface area contributed by atoms with Crippen molar-refractivity contribution >= 4 is 5.69 Å². The van der Waals surface area contributed by atoms with Crippen LogP contribution in [0.2, 0.25) is 0 Å². The van der Waals surface area contributed by atoms with E-state index in [1.165, 1.54) is 29.2 Å². The average molecular weight is 479 g/mol. The third kappa shape index (κ3) is 4.40. The number of hydrogen-bond acceptors (Lipinski definition) is 3. The molecule has 7 nitrogen and oxygen atoms in total. The maximum Gasteiger partial charge on any atom is 0.416 e. The molecule has 0 spiro atoms. The standard InChI is InChI=1S/C25H20F3N5O2/c1-4-16(2)32-23(34)21(22-12-13-30-33(22)19-10-8-18(29-3)9-11-19)15-31(24(32)35)20-7-5-6-17(14-20)25(26,27)28/h5-16H,4H2,1-2H3/t16-/m1/s1. The SMILES string of the molecule is [C-]#[N+]c1ccc(-n2nccc2-c2cn(-c3cccc(C(F)(F)F)c3)c(=O)n([C@H](C)CC)c2=O)cc1. The van der Waals surface area contributed by atoms with E-state index in [2.05, 4.69) is 9.94 Å². The number of rotatable bonds is 5. The van der Waals surface area contributed by atoms with Gasteiger partial charge in [-0.15, -0.1) is 0 Å². The first-order valence-corrected chi connectivity index (χ1v) is 10.7. The molecule has 4 rings (SSSR count). The van der Waals surface area contributed by atoms with E-state index in [9.17, 15) is 22.8 Å². The second-order valence-corrected chi connectivity index (χ2v) is 7.93. The van der Waals surface area contributed by atoms with Crippen LogP contribution in [0.3, 0.4) is 0 Å². The lowest BCUT2D eigenvalue weighted by Crippen LogP contribution is -2.41. The summed E-state index contributed by atoms with van der Waals surface area (Å²) in [5.41, 5.74) is -0.793. The fraction of sp³-hybridized carbons (Fsp3) is 0.200. The summed E-state index contributed by atoms with van der Waals surface area (Å²) in [7, 11) is 0. The number of aromatic nitrogens is 4. The fourth-order valence-corrected chi connectivity index (χ4v) is 3.72. The summed E-state index contributed by atoms with van der Waals surface area (Å²) in [4.78, 5) is 30.1. The fourth-order valence-electron chi connectivity index (χ4n) is 3.72. The highest BCUT2D eigenvalue weighted by atomic mass is 19.4. The van der Waals surface area contributed by atoms with Crippen LogP contribution in [0.4, 0.5) is 18.9 Å². The summed E-state index contributed by atoms with van der Waals surface area (Å²) in [6, 6.07) is 12.0. The van der Waals surface area contributed by atoms with E-state index in [-0.39, 0.29) is 11.3 Å². The minimum Gasteiger partial charge on any atom is -0.268 e. The zero-order valence-corrected chi connectivity index (χ0v) is 18.8. The van der Waals surface area contributed by atoms with Gasteiger partial charge in [0.15, 0.2) is 5.69 Å². The molecule has 178 valence electrons. The largest absolute Gasteiger partial charge is 0.416 e. The Bertz CT molecular complexity index is 1540. The molecule has 0 saturated carbocycles. The Hall–Kier alpha value is -4.39. The number of nitrogens with zero attached hydrogens (tertiary/aromatic N) is 5. The van der Waals surface area contributed by atoms with Gasteiger partial charge in [-0.1, -0.05) is 25.1 Å². The van der Waals surface area contributed by atoms with Crippen LogP contribution in [0.25, 0.3) is 27.5 Å². The Morgan fingerprint density at radius 3 is 2.40 bits per heavy atom. The van der Waals surface area contributed by atoms with Crippen molar-refractivity contribution in [3.8, 4) is 22.6 Å². The van der Waals surface area contributed by atoms with Gasteiger partial charge in [-0.2, -0.15) is 18.3 Å². The molecule has 0 fully saturated rings. The molecule has 0 aliphatic heterocycles. The van der Waals surface area contributed by atoms with E-state index >= 15 is 0 Å². The minimum absolute atomic E-state index is 0.0180. The van der Waals surface area contributed by atoms with Crippen molar-refractivity contribution in [1.29, 1.82) is 0 Å². The molecule has 35 heavy (non-hydrogen) atoms. The van der Waals surface area contributed by atoms with Crippen molar-refractivity contribution in [2.24, 2.45) is 0 Å². The van der Waals surface area contributed by atoms with Gasteiger partial charge < -0.3 is 0 Å². The summed E-state index contributed by atoms with van der Waals surface area (Å²) in [6.07, 6.45) is -1.41. The van der Waals surface area contributed by atoms with Crippen molar-refractivity contribution in [2.45, 2.75) is 32.5 Å². The van der Waals surface area contributed by atoms with Gasteiger partial charge in [0, 0.05) is 12.2 Å². The molecule has 2 aromatic carbocycles. The lowest BCUT2D eigenvalue weighted by Gasteiger charge is -2.18. The van der Waals surface area contributed by atoms with Crippen LogP contribution in [0.5, 0.6) is 0 Å². The first-order valence-electron chi connectivity index (χ1n) is 10.7. The van der Waals surface area contributed by atoms with E-state index < -0.39 is 29.0 Å². The van der Waals surface area contributed by atoms with Gasteiger partial charge in [-0.05, 0) is 49.7 Å². The maximum atomic E-state index is 13.5. The minimum atomic E-state index is -4.59. The molecule has 2 aromatic heterocycles. The van der Waals surface area contributed by atoms with Crippen molar-refractivity contribution < 1.29 is 13.2 Å². The Labute approximate surface area is 198 Å². The van der Waals surface area contributed by atoms with Crippen LogP contribution in [0.1, 0.15) is 31.9 Å². The highest BCUT2D eigenvalue weighted by Crippen LogP contribution is 2.30. The number of halogens is 3. The zero-order chi connectivity index (χ0) is 25.3. The molecule has 0 radical (unpaired) electrons. The monoisotopic (exact) mass is 479 g/mol. The molecule has 0 saturated heterocycles. The molecule has 2 heterocycles. The van der Waals surface area contributed by atoms with E-state index in [1.807, 2.05) is 0 Å². The summed E-state index contributed by atoms with van der Waals surface area (Å²) in [6.45, 7) is 10.6. The highest BCUT2D eigenvalue weighted by molar-refractivity contribution is 5.61. The Morgan fingerprint density at radius 1 is 1.06 bits per heavy atom. The summed E-state index contributed by atoms with van der Waals surface area (Å²) in [5.74, 6) is 0. The van der Waals surface area contributed by atoms with Crippen LogP contribution in [0.15, 0.2) is 76.6 Å². The van der Waals surface area contributed by atoms with E-state index in [1.54, 1.807) is 44.2 Å². The Morgan fingerprint density at radius 2 is 1.77 bits per heavy atom. The van der Waals surface area contributed by atoms with Crippen LogP contribution in [-0.4, -0.2) is 18.9 Å². The normalized spacial score (nSPS) is 12.3. The smallest absolute Gasteiger partial charge is 0.268 e. The Balaban J connectivity index is 1.99. The Kier molecular flexibility index (Phi) is 6.18. The average Bonchev–Trinajstić information content (AvgIpc) is 3.33. The molecule has 0 bridgehead atoms. The predicted octanol–water partition coefficient (Wildman–Crippen LogP) is 5.39. The van der Waals surface area contributed by atoms with Gasteiger partial charge in [-0.25, -0.2) is 14.3 Å². The second-order valence-electron chi connectivity index (χ2n) is 7.93. The molecule has 0 unspecified atom stereocenters. The van der Waals surface area contributed by atoms with Crippen molar-refractivity contribution in [1.82, 2.24) is 18.9 Å². The van der Waals surface area contributed by atoms with Gasteiger partial charge in [0.1, 0.15) is 0 Å². The topological polar surface area (TPSA) is 66.2 Å². The summed E-state index contributed by atoms with van der Waals surface area (Å²) < 4.78 is 43.6. The number of hydrogen-bond donors (Lipinski definition) is 0. The molecule has 0 aliphatic rings. The van der Waals surface area contributed by atoms with Crippen LogP contribution < -0.4 is 11.2 Å². The van der Waals surface area contributed by atoms with Gasteiger partial charge in [-0.3, -0.25) is 13.9 Å². The molecule has 1 atom stereocenters. The molecule has 0 amide bonds. The molecule has 10 heteroatoms. The van der Waals surface area contributed by atoms with Gasteiger partial charge in [0.05, 0.1) is 41.0 Å². The molecule has 0 N–H and O–H groups in total. The zero-order valence-electron chi connectivity index (χ0n) is 18.8. The molecule has 4 aromatic rings. The van der Waals surface area contributed by atoms with E-state index in [0.29, 0.717) is 23.5 Å². The summed E-state index contributed by atoms with van der Waals surface area (Å²) >= 11 is 0. The quantitative estimate of drug-likeness (QED) is 0.361. The van der Waals surface area contributed by atoms with Gasteiger partial charge >= 0.3 is 11.9 Å². The van der Waals surface area contributed by atoms with Gasteiger partial charge in [0.2, 0.25) is 0 Å². The molecular formula is C25H20F3N5O2. The van der Waals surface area contributed by atoms with Crippen molar-refractivity contribution in [3.63, 3.8) is 0 Å². The van der Waals surface area contributed by atoms with Crippen molar-refractivity contribution in [3.05, 3.63) is 105 Å². The van der Waals surface area contributed by atoms with Gasteiger partial charge in [0.25, 0.3) is 5.56 Å². The summed E-state index contributed by atoms with van der Waals surface area (Å²) in [5, 5.41) is 4.28. The third-order valence-electron chi connectivity index (χ3n) is 5.74. The lowest BCUT2D eigenvalue weighted by molar-refractivity contribution is -0.137. The predicted molar refractivity (Wildman–Crippen MR) is 125 cm³/mol. The van der Waals surface area contributed by atoms with E-state index in [0.717, 1.165) is 21.3 Å². The first kappa shape index (κ1) is 23.8. The number of benzene rings is 2. The molecular weight excluding hydrogens is 459 g/mol. The molecule has 0 aliphatic carbocycles. The van der Waals surface area contributed by atoms with E-state index in [4.69, 9.17) is 6.57 Å². The lowest BCUT2D eigenvalue weighted by atomic mass is 10.1. The highest BCUT2D eigenvalue weighted by Gasteiger charge is 2.31. The first-order chi connectivity index (χ1) is 16.7.